The van der Waals surface area contributed by atoms with Gasteiger partial charge in [-0.2, -0.15) is 26.3 Å². The van der Waals surface area contributed by atoms with Crippen LogP contribution in [0.15, 0.2) is 35.8 Å². The van der Waals surface area contributed by atoms with Gasteiger partial charge in [-0.1, -0.05) is 36.0 Å². The van der Waals surface area contributed by atoms with E-state index in [1.165, 1.54) is 34.9 Å². The van der Waals surface area contributed by atoms with E-state index in [1.807, 2.05) is 13.0 Å². The number of hydrogen-bond donors (Lipinski definition) is 1. The quantitative estimate of drug-likeness (QED) is 0.183. The lowest BCUT2D eigenvalue weighted by atomic mass is 9.83. The summed E-state index contributed by atoms with van der Waals surface area (Å²) in [7, 11) is 1.34. The van der Waals surface area contributed by atoms with Crippen molar-refractivity contribution in [3.63, 3.8) is 0 Å². The van der Waals surface area contributed by atoms with E-state index < -0.39 is 63.3 Å². The highest BCUT2D eigenvalue weighted by molar-refractivity contribution is 7.78. The van der Waals surface area contributed by atoms with Crippen molar-refractivity contribution in [2.24, 2.45) is 11.7 Å². The molecule has 20 heteroatoms. The molecule has 1 saturated heterocycles. The lowest BCUT2D eigenvalue weighted by molar-refractivity contribution is -0.143. The first kappa shape index (κ1) is 44.1. The van der Waals surface area contributed by atoms with Crippen LogP contribution in [0.2, 0.25) is 4.34 Å². The summed E-state index contributed by atoms with van der Waals surface area (Å²) in [6.07, 6.45) is -3.58. The first-order valence-corrected chi connectivity index (χ1v) is 19.8. The molecule has 2 aliphatic rings. The van der Waals surface area contributed by atoms with E-state index in [0.717, 1.165) is 34.9 Å². The molecule has 5 heterocycles. The maximum absolute atomic E-state index is 14.1. The molecule has 0 bridgehead atoms. The Labute approximate surface area is 317 Å². The molecule has 2 N–H and O–H groups in total. The molecule has 2 aliphatic heterocycles. The number of carbonyl (C=O) groups excluding carboxylic acids is 3. The summed E-state index contributed by atoms with van der Waals surface area (Å²) >= 11 is 6.49. The summed E-state index contributed by atoms with van der Waals surface area (Å²) in [5.41, 5.74) is 4.58. The van der Waals surface area contributed by atoms with Crippen molar-refractivity contribution >= 4 is 63.1 Å². The molecule has 0 aromatic carbocycles. The SMILES string of the molecule is CCC[C@@H]1[C@H](C(=O)N2CCc3sc(Cl)cc3C2CCC(N)=O)CCCN1C(=O)c1ncccc1C(F)(F)F.COc1csc(C(F)(F)F)c1.CS(=O)[O-]. The van der Waals surface area contributed by atoms with Gasteiger partial charge in [0, 0.05) is 48.1 Å². The zero-order chi connectivity index (χ0) is 39.7. The minimum absolute atomic E-state index is 0.0922. The van der Waals surface area contributed by atoms with Gasteiger partial charge in [-0.05, 0) is 62.1 Å². The van der Waals surface area contributed by atoms with Gasteiger partial charge < -0.3 is 24.8 Å². The Morgan fingerprint density at radius 2 is 1.79 bits per heavy atom. The molecule has 2 unspecified atom stereocenters. The first-order valence-electron chi connectivity index (χ1n) is 16.2. The van der Waals surface area contributed by atoms with Gasteiger partial charge in [-0.25, -0.2) is 0 Å². The first-order chi connectivity index (χ1) is 24.8. The Balaban J connectivity index is 0.000000420. The number of methoxy groups -OCH3 is 1. The highest BCUT2D eigenvalue weighted by Gasteiger charge is 2.45. The molecule has 0 aliphatic carbocycles. The topological polar surface area (TPSA) is 146 Å². The number of amides is 3. The third-order valence-electron chi connectivity index (χ3n) is 8.42. The van der Waals surface area contributed by atoms with E-state index in [1.54, 1.807) is 4.90 Å². The lowest BCUT2D eigenvalue weighted by Gasteiger charge is -2.45. The fourth-order valence-corrected chi connectivity index (χ4v) is 8.31. The fourth-order valence-electron chi connectivity index (χ4n) is 6.26. The second-order valence-electron chi connectivity index (χ2n) is 12.0. The van der Waals surface area contributed by atoms with Crippen LogP contribution in [0.1, 0.15) is 82.9 Å². The third kappa shape index (κ3) is 12.1. The summed E-state index contributed by atoms with van der Waals surface area (Å²) in [4.78, 5) is 46.5. The van der Waals surface area contributed by atoms with E-state index in [4.69, 9.17) is 26.1 Å². The standard InChI is InChI=1S/C26H30ClF3N4O3S.C6H5F3OS.CH4O2S/c1-2-5-18-15(6-4-12-33(18)25(37)23-17(26(28,29)30)7-3-11-32-23)24(36)34-13-10-20-16(14-21(27)38-20)19(34)8-9-22(31)35;1-10-4-2-5(11-3-4)6(7,8)9;1-4(2)3/h3,7,11,14-15,18-19H,2,4-6,8-10,12-13H2,1H3,(H2,31,35);2-3H,1H3;1H3,(H,2,3)/p-1/t15-,18-,19?;;/m1../s1. The van der Waals surface area contributed by atoms with Gasteiger partial charge in [0.25, 0.3) is 5.91 Å². The molecule has 10 nitrogen and oxygen atoms in total. The van der Waals surface area contributed by atoms with Crippen LogP contribution in [0.3, 0.4) is 0 Å². The number of nitrogens with two attached hydrogens (primary N) is 1. The fraction of sp³-hybridized carbons (Fsp3) is 0.515. The number of halogens is 7. The maximum Gasteiger partial charge on any atom is 0.425 e. The average Bonchev–Trinajstić information content (AvgIpc) is 3.73. The second-order valence-corrected chi connectivity index (χ2v) is 15.5. The highest BCUT2D eigenvalue weighted by Crippen LogP contribution is 2.42. The van der Waals surface area contributed by atoms with Gasteiger partial charge in [-0.15, -0.1) is 22.7 Å². The van der Waals surface area contributed by atoms with E-state index in [2.05, 4.69) is 9.72 Å². The summed E-state index contributed by atoms with van der Waals surface area (Å²) in [5.74, 6) is -1.79. The minimum atomic E-state index is -4.73. The number of carbonyl (C=O) groups is 3. The summed E-state index contributed by atoms with van der Waals surface area (Å²) in [5, 5.41) is 1.32. The Morgan fingerprint density at radius 3 is 2.34 bits per heavy atom. The van der Waals surface area contributed by atoms with Crippen LogP contribution in [-0.2, 0) is 39.4 Å². The zero-order valence-corrected chi connectivity index (χ0v) is 32.0. The number of ether oxygens (including phenoxy) is 1. The monoisotopic (exact) mass is 831 g/mol. The van der Waals surface area contributed by atoms with Gasteiger partial charge in [0.05, 0.1) is 29.0 Å². The summed E-state index contributed by atoms with van der Waals surface area (Å²) < 4.78 is 99.8. The van der Waals surface area contributed by atoms with Crippen LogP contribution < -0.4 is 10.5 Å². The predicted molar refractivity (Wildman–Crippen MR) is 188 cm³/mol. The molecule has 3 aromatic rings. The van der Waals surface area contributed by atoms with Crippen molar-refractivity contribution in [1.29, 1.82) is 0 Å². The van der Waals surface area contributed by atoms with Crippen LogP contribution in [0.25, 0.3) is 0 Å². The van der Waals surface area contributed by atoms with Crippen molar-refractivity contribution in [3.8, 4) is 5.75 Å². The van der Waals surface area contributed by atoms with E-state index in [9.17, 15) is 40.7 Å². The van der Waals surface area contributed by atoms with Crippen LogP contribution in [0.5, 0.6) is 5.75 Å². The van der Waals surface area contributed by atoms with Crippen LogP contribution in [0.4, 0.5) is 26.3 Å². The molecule has 4 atom stereocenters. The van der Waals surface area contributed by atoms with Gasteiger partial charge in [0.2, 0.25) is 11.8 Å². The van der Waals surface area contributed by atoms with E-state index >= 15 is 0 Å². The molecule has 53 heavy (non-hydrogen) atoms. The number of likely N-dealkylation sites (tertiary alicyclic amines) is 1. The summed E-state index contributed by atoms with van der Waals surface area (Å²) in [6.45, 7) is 2.58. The molecule has 0 saturated carbocycles. The van der Waals surface area contributed by atoms with Crippen LogP contribution in [-0.4, -0.2) is 73.8 Å². The van der Waals surface area contributed by atoms with Crippen molar-refractivity contribution in [1.82, 2.24) is 14.8 Å². The van der Waals surface area contributed by atoms with Crippen molar-refractivity contribution < 1.29 is 54.2 Å². The number of aromatic nitrogens is 1. The smallest absolute Gasteiger partial charge is 0.425 e. The van der Waals surface area contributed by atoms with Crippen molar-refractivity contribution in [3.05, 3.63) is 66.8 Å². The number of fused-ring (bicyclic) bond motifs is 1. The lowest BCUT2D eigenvalue weighted by Crippen LogP contribution is -2.55. The molecular formula is C33H38ClF6N4O6S3-. The molecule has 1 fully saturated rings. The zero-order valence-electron chi connectivity index (χ0n) is 28.8. The number of thiophene rings is 2. The van der Waals surface area contributed by atoms with Gasteiger partial charge >= 0.3 is 12.4 Å². The van der Waals surface area contributed by atoms with Crippen LogP contribution >= 0.6 is 34.3 Å². The van der Waals surface area contributed by atoms with Gasteiger partial charge in [0.15, 0.2) is 0 Å². The largest absolute Gasteiger partial charge is 0.773 e. The van der Waals surface area contributed by atoms with Gasteiger partial charge in [-0.3, -0.25) is 23.6 Å². The molecule has 0 radical (unpaired) electrons. The number of alkyl halides is 6. The van der Waals surface area contributed by atoms with Crippen molar-refractivity contribution in [2.45, 2.75) is 76.3 Å². The Hall–Kier alpha value is -3.26. The van der Waals surface area contributed by atoms with Gasteiger partial charge in [0.1, 0.15) is 16.3 Å². The van der Waals surface area contributed by atoms with Crippen LogP contribution in [0, 0.1) is 5.92 Å². The van der Waals surface area contributed by atoms with Crippen molar-refractivity contribution in [2.75, 3.05) is 26.5 Å². The predicted octanol–water partition coefficient (Wildman–Crippen LogP) is 7.50. The van der Waals surface area contributed by atoms with E-state index in [0.29, 0.717) is 60.7 Å². The molecule has 3 aromatic heterocycles. The maximum atomic E-state index is 14.1. The number of pyridine rings is 1. The number of hydrogen-bond acceptors (Lipinski definition) is 9. The summed E-state index contributed by atoms with van der Waals surface area (Å²) in [6, 6.07) is 3.85. The normalized spacial score (nSPS) is 19.2. The Morgan fingerprint density at radius 1 is 1.11 bits per heavy atom. The Kier molecular flexibility index (Phi) is 16.1. The molecule has 3 amide bonds. The average molecular weight is 832 g/mol. The highest BCUT2D eigenvalue weighted by atomic mass is 35.5. The Bertz CT molecular complexity index is 1730. The number of nitrogens with zero attached hydrogens (tertiary/aromatic N) is 3. The number of rotatable bonds is 8. The number of primary amides is 1. The van der Waals surface area contributed by atoms with E-state index in [-0.39, 0.29) is 30.7 Å². The molecule has 0 spiro atoms. The second kappa shape index (κ2) is 19.4. The minimum Gasteiger partial charge on any atom is -0.773 e. The molecule has 294 valence electrons. The molecule has 5 rings (SSSR count). The molecular weight excluding hydrogens is 794 g/mol. The third-order valence-corrected chi connectivity index (χ3v) is 10.7. The number of piperidine rings is 1.